The Labute approximate surface area is 98.4 Å². The molecule has 0 aliphatic heterocycles. The summed E-state index contributed by atoms with van der Waals surface area (Å²) in [5.41, 5.74) is 2.70. The molecule has 0 saturated carbocycles. The normalized spacial score (nSPS) is 11.3. The van der Waals surface area contributed by atoms with Crippen molar-refractivity contribution in [3.63, 3.8) is 0 Å². The molecule has 82 valence electrons. The molecule has 0 fully saturated rings. The second-order valence-electron chi connectivity index (χ2n) is 3.68. The molecule has 0 aliphatic rings. The van der Waals surface area contributed by atoms with Gasteiger partial charge in [0.1, 0.15) is 12.0 Å². The summed E-state index contributed by atoms with van der Waals surface area (Å²) in [6.45, 7) is 0. The van der Waals surface area contributed by atoms with Crippen LogP contribution in [0.5, 0.6) is 0 Å². The van der Waals surface area contributed by atoms with Gasteiger partial charge in [0.05, 0.1) is 11.2 Å². The number of oxazole rings is 1. The third kappa shape index (κ3) is 2.08. The first kappa shape index (κ1) is 9.78. The lowest BCUT2D eigenvalue weighted by Crippen LogP contribution is -1.82. The van der Waals surface area contributed by atoms with Gasteiger partial charge in [-0.3, -0.25) is 0 Å². The van der Waals surface area contributed by atoms with E-state index in [1.54, 1.807) is 6.26 Å². The van der Waals surface area contributed by atoms with Crippen LogP contribution in [-0.2, 0) is 0 Å². The average molecular weight is 222 g/mol. The first-order chi connectivity index (χ1) is 8.42. The van der Waals surface area contributed by atoms with Gasteiger partial charge >= 0.3 is 0 Å². The van der Waals surface area contributed by atoms with Gasteiger partial charge in [-0.1, -0.05) is 24.3 Å². The SMILES string of the molecule is C(=C\c1ccc2ccccc2n1)/c1cocn1. The molecule has 2 aromatic heterocycles. The molecule has 0 aliphatic carbocycles. The van der Waals surface area contributed by atoms with Crippen LogP contribution in [0.25, 0.3) is 23.1 Å². The van der Waals surface area contributed by atoms with Crippen LogP contribution in [-0.4, -0.2) is 9.97 Å². The van der Waals surface area contributed by atoms with Gasteiger partial charge < -0.3 is 4.42 Å². The summed E-state index contributed by atoms with van der Waals surface area (Å²) < 4.78 is 4.89. The molecule has 3 nitrogen and oxygen atoms in total. The molecule has 0 atom stereocenters. The first-order valence-electron chi connectivity index (χ1n) is 5.34. The smallest absolute Gasteiger partial charge is 0.181 e. The second kappa shape index (κ2) is 4.22. The standard InChI is InChI=1S/C14H10N2O/c1-2-4-14-11(3-1)5-6-12(16-14)7-8-13-9-17-10-15-13/h1-10H/b8-7+. The molecule has 0 unspecified atom stereocenters. The molecule has 0 radical (unpaired) electrons. The van der Waals surface area contributed by atoms with E-state index in [4.69, 9.17) is 4.42 Å². The van der Waals surface area contributed by atoms with Crippen molar-refractivity contribution in [3.05, 3.63) is 60.4 Å². The van der Waals surface area contributed by atoms with Crippen molar-refractivity contribution in [2.75, 3.05) is 0 Å². The maximum Gasteiger partial charge on any atom is 0.181 e. The third-order valence-electron chi connectivity index (χ3n) is 2.50. The van der Waals surface area contributed by atoms with Crippen molar-refractivity contribution in [1.82, 2.24) is 9.97 Å². The zero-order valence-electron chi connectivity index (χ0n) is 9.08. The van der Waals surface area contributed by atoms with Crippen LogP contribution >= 0.6 is 0 Å². The fourth-order valence-corrected chi connectivity index (χ4v) is 1.65. The lowest BCUT2D eigenvalue weighted by atomic mass is 10.2. The van der Waals surface area contributed by atoms with Gasteiger partial charge in [0, 0.05) is 5.39 Å². The predicted molar refractivity (Wildman–Crippen MR) is 67.2 cm³/mol. The lowest BCUT2D eigenvalue weighted by molar-refractivity contribution is 0.557. The Kier molecular flexibility index (Phi) is 2.43. The van der Waals surface area contributed by atoms with Crippen molar-refractivity contribution in [2.45, 2.75) is 0 Å². The number of pyridine rings is 1. The Morgan fingerprint density at radius 3 is 2.71 bits per heavy atom. The molecule has 2 heterocycles. The van der Waals surface area contributed by atoms with Crippen LogP contribution < -0.4 is 0 Å². The molecular formula is C14H10N2O. The highest BCUT2D eigenvalue weighted by molar-refractivity contribution is 5.80. The van der Waals surface area contributed by atoms with Crippen LogP contribution in [0, 0.1) is 0 Å². The van der Waals surface area contributed by atoms with Gasteiger partial charge in [0.25, 0.3) is 0 Å². The molecule has 3 rings (SSSR count). The topological polar surface area (TPSA) is 38.9 Å². The molecule has 0 bridgehead atoms. The Morgan fingerprint density at radius 2 is 1.82 bits per heavy atom. The number of nitrogens with zero attached hydrogens (tertiary/aromatic N) is 2. The van der Waals surface area contributed by atoms with E-state index in [2.05, 4.69) is 16.0 Å². The first-order valence-corrected chi connectivity index (χ1v) is 5.34. The number of benzene rings is 1. The van der Waals surface area contributed by atoms with Crippen molar-refractivity contribution >= 4 is 23.1 Å². The quantitative estimate of drug-likeness (QED) is 0.667. The van der Waals surface area contributed by atoms with Crippen LogP contribution in [0.15, 0.2) is 53.5 Å². The molecule has 0 saturated heterocycles. The minimum atomic E-state index is 0.792. The number of aromatic nitrogens is 2. The van der Waals surface area contributed by atoms with Gasteiger partial charge in [0.15, 0.2) is 6.39 Å². The molecule has 3 heteroatoms. The Balaban J connectivity index is 1.96. The summed E-state index contributed by atoms with van der Waals surface area (Å²) in [6, 6.07) is 12.1. The molecule has 0 amide bonds. The minimum absolute atomic E-state index is 0.792. The highest BCUT2D eigenvalue weighted by Gasteiger charge is 1.95. The zero-order valence-corrected chi connectivity index (χ0v) is 9.08. The van der Waals surface area contributed by atoms with Crippen LogP contribution in [0.2, 0.25) is 0 Å². The molecular weight excluding hydrogens is 212 g/mol. The number of hydrogen-bond acceptors (Lipinski definition) is 3. The fraction of sp³-hybridized carbons (Fsp3) is 0. The highest BCUT2D eigenvalue weighted by atomic mass is 16.3. The number of hydrogen-bond donors (Lipinski definition) is 0. The maximum atomic E-state index is 4.89. The summed E-state index contributed by atoms with van der Waals surface area (Å²) in [5, 5.41) is 1.14. The minimum Gasteiger partial charge on any atom is -0.451 e. The summed E-state index contributed by atoms with van der Waals surface area (Å²) in [5.74, 6) is 0. The largest absolute Gasteiger partial charge is 0.451 e. The van der Waals surface area contributed by atoms with Crippen LogP contribution in [0.1, 0.15) is 11.4 Å². The molecule has 3 aromatic rings. The average Bonchev–Trinajstić information content (AvgIpc) is 2.89. The second-order valence-corrected chi connectivity index (χ2v) is 3.68. The van der Waals surface area contributed by atoms with E-state index in [1.807, 2.05) is 42.5 Å². The van der Waals surface area contributed by atoms with Gasteiger partial charge in [-0.15, -0.1) is 0 Å². The van der Waals surface area contributed by atoms with Gasteiger partial charge in [-0.25, -0.2) is 9.97 Å². The molecule has 0 N–H and O–H groups in total. The van der Waals surface area contributed by atoms with E-state index >= 15 is 0 Å². The maximum absolute atomic E-state index is 4.89. The van der Waals surface area contributed by atoms with Gasteiger partial charge in [0.2, 0.25) is 0 Å². The Bertz CT molecular complexity index is 657. The van der Waals surface area contributed by atoms with Crippen molar-refractivity contribution in [3.8, 4) is 0 Å². The summed E-state index contributed by atoms with van der Waals surface area (Å²) >= 11 is 0. The molecule has 17 heavy (non-hydrogen) atoms. The highest BCUT2D eigenvalue weighted by Crippen LogP contribution is 2.13. The van der Waals surface area contributed by atoms with Crippen molar-refractivity contribution in [2.24, 2.45) is 0 Å². The van der Waals surface area contributed by atoms with Crippen LogP contribution in [0.3, 0.4) is 0 Å². The van der Waals surface area contributed by atoms with Crippen molar-refractivity contribution < 1.29 is 4.42 Å². The summed E-state index contributed by atoms with van der Waals surface area (Å²) in [6.07, 6.45) is 6.80. The molecule has 0 spiro atoms. The van der Waals surface area contributed by atoms with E-state index in [0.717, 1.165) is 22.3 Å². The van der Waals surface area contributed by atoms with E-state index in [1.165, 1.54) is 6.39 Å². The van der Waals surface area contributed by atoms with Crippen molar-refractivity contribution in [1.29, 1.82) is 0 Å². The third-order valence-corrected chi connectivity index (χ3v) is 2.50. The van der Waals surface area contributed by atoms with E-state index in [-0.39, 0.29) is 0 Å². The fourth-order valence-electron chi connectivity index (χ4n) is 1.65. The monoisotopic (exact) mass is 222 g/mol. The van der Waals surface area contributed by atoms with E-state index in [0.29, 0.717) is 0 Å². The van der Waals surface area contributed by atoms with E-state index < -0.39 is 0 Å². The molecule has 1 aromatic carbocycles. The number of para-hydroxylation sites is 1. The number of fused-ring (bicyclic) bond motifs is 1. The van der Waals surface area contributed by atoms with Gasteiger partial charge in [-0.2, -0.15) is 0 Å². The summed E-state index contributed by atoms with van der Waals surface area (Å²) in [4.78, 5) is 8.54. The van der Waals surface area contributed by atoms with Crippen LogP contribution in [0.4, 0.5) is 0 Å². The zero-order chi connectivity index (χ0) is 11.5. The van der Waals surface area contributed by atoms with Gasteiger partial charge in [-0.05, 0) is 24.3 Å². The number of rotatable bonds is 2. The Hall–Kier alpha value is -2.42. The lowest BCUT2D eigenvalue weighted by Gasteiger charge is -1.97. The van der Waals surface area contributed by atoms with E-state index in [9.17, 15) is 0 Å². The predicted octanol–water partition coefficient (Wildman–Crippen LogP) is 3.39. The summed E-state index contributed by atoms with van der Waals surface area (Å²) in [7, 11) is 0. The Morgan fingerprint density at radius 1 is 0.941 bits per heavy atom.